The second kappa shape index (κ2) is 8.41. The molecule has 1 aliphatic heterocycles. The monoisotopic (exact) mass is 319 g/mol. The van der Waals surface area contributed by atoms with Crippen LogP contribution in [0, 0.1) is 0 Å². The smallest absolute Gasteiger partial charge is 0.341 e. The van der Waals surface area contributed by atoms with Crippen LogP contribution < -0.4 is 10.5 Å². The molecule has 0 saturated carbocycles. The molecule has 1 aliphatic rings. The van der Waals surface area contributed by atoms with Crippen LogP contribution in [-0.2, 0) is 11.3 Å². The van der Waals surface area contributed by atoms with Gasteiger partial charge >= 0.3 is 5.97 Å². The predicted molar refractivity (Wildman–Crippen MR) is 89.7 cm³/mol. The van der Waals surface area contributed by atoms with Crippen molar-refractivity contribution in [2.75, 3.05) is 27.3 Å². The molecule has 0 aliphatic carbocycles. The first-order valence-electron chi connectivity index (χ1n) is 7.96. The summed E-state index contributed by atoms with van der Waals surface area (Å²) in [6.45, 7) is 2.40. The first-order chi connectivity index (χ1) is 11.2. The van der Waals surface area contributed by atoms with Crippen LogP contribution in [0.4, 0.5) is 0 Å². The number of hydrogen-bond donors (Lipinski definition) is 1. The number of aliphatic imine (C=N–C) groups is 1. The Morgan fingerprint density at radius 2 is 1.91 bits per heavy atom. The zero-order chi connectivity index (χ0) is 16.7. The number of likely N-dealkylation sites (tertiary alicyclic amines) is 1. The van der Waals surface area contributed by atoms with Crippen LogP contribution in [0.3, 0.4) is 0 Å². The van der Waals surface area contributed by atoms with E-state index in [1.54, 1.807) is 12.1 Å². The van der Waals surface area contributed by atoms with Crippen LogP contribution in [0.15, 0.2) is 23.2 Å². The zero-order valence-electron chi connectivity index (χ0n) is 13.9. The lowest BCUT2D eigenvalue weighted by atomic mass is 10.1. The van der Waals surface area contributed by atoms with Gasteiger partial charge < -0.3 is 20.1 Å². The quantitative estimate of drug-likeness (QED) is 0.523. The van der Waals surface area contributed by atoms with Gasteiger partial charge in [-0.2, -0.15) is 0 Å². The number of guanidine groups is 1. The lowest BCUT2D eigenvalue weighted by Gasteiger charge is -2.21. The molecule has 0 aromatic heterocycles. The first-order valence-corrected chi connectivity index (χ1v) is 7.96. The normalized spacial score (nSPS) is 15.9. The van der Waals surface area contributed by atoms with Crippen molar-refractivity contribution in [3.63, 3.8) is 0 Å². The Morgan fingerprint density at radius 3 is 2.52 bits per heavy atom. The Kier molecular flexibility index (Phi) is 6.26. The highest BCUT2D eigenvalue weighted by atomic mass is 16.5. The summed E-state index contributed by atoms with van der Waals surface area (Å²) in [5.74, 6) is 0.654. The van der Waals surface area contributed by atoms with Gasteiger partial charge in [-0.3, -0.25) is 0 Å². The van der Waals surface area contributed by atoms with E-state index in [0.29, 0.717) is 23.8 Å². The molecule has 126 valence electrons. The minimum Gasteiger partial charge on any atom is -0.496 e. The number of ether oxygens (including phenoxy) is 2. The minimum absolute atomic E-state index is 0.406. The van der Waals surface area contributed by atoms with E-state index in [-0.39, 0.29) is 0 Å². The molecule has 0 amide bonds. The third kappa shape index (κ3) is 4.61. The Balaban J connectivity index is 2.07. The van der Waals surface area contributed by atoms with Gasteiger partial charge in [0.05, 0.1) is 20.8 Å². The molecular formula is C17H25N3O3. The maximum Gasteiger partial charge on any atom is 0.341 e. The van der Waals surface area contributed by atoms with E-state index in [1.165, 1.54) is 27.1 Å². The van der Waals surface area contributed by atoms with Crippen molar-refractivity contribution in [3.05, 3.63) is 29.3 Å². The van der Waals surface area contributed by atoms with Gasteiger partial charge in [-0.1, -0.05) is 18.9 Å². The first kappa shape index (κ1) is 17.1. The molecule has 1 fully saturated rings. The fraction of sp³-hybridized carbons (Fsp3) is 0.529. The second-order valence-corrected chi connectivity index (χ2v) is 5.60. The third-order valence-electron chi connectivity index (χ3n) is 4.02. The van der Waals surface area contributed by atoms with Gasteiger partial charge in [0, 0.05) is 13.1 Å². The maximum absolute atomic E-state index is 11.7. The highest BCUT2D eigenvalue weighted by molar-refractivity contribution is 5.92. The number of carbonyl (C=O) groups is 1. The van der Waals surface area contributed by atoms with E-state index in [0.717, 1.165) is 31.5 Å². The minimum atomic E-state index is -0.416. The molecular weight excluding hydrogens is 294 g/mol. The molecule has 1 heterocycles. The predicted octanol–water partition coefficient (Wildman–Crippen LogP) is 2.17. The van der Waals surface area contributed by atoms with Crippen LogP contribution in [0.2, 0.25) is 0 Å². The summed E-state index contributed by atoms with van der Waals surface area (Å²) in [5, 5.41) is 0. The summed E-state index contributed by atoms with van der Waals surface area (Å²) in [6.07, 6.45) is 4.85. The van der Waals surface area contributed by atoms with Crippen LogP contribution >= 0.6 is 0 Å². The fourth-order valence-electron chi connectivity index (χ4n) is 2.68. The number of nitrogens with two attached hydrogens (primary N) is 1. The summed E-state index contributed by atoms with van der Waals surface area (Å²) in [7, 11) is 2.88. The second-order valence-electron chi connectivity index (χ2n) is 5.60. The molecule has 1 aromatic carbocycles. The van der Waals surface area contributed by atoms with Crippen molar-refractivity contribution in [1.82, 2.24) is 4.90 Å². The molecule has 0 unspecified atom stereocenters. The van der Waals surface area contributed by atoms with Crippen molar-refractivity contribution >= 4 is 11.9 Å². The Morgan fingerprint density at radius 1 is 1.22 bits per heavy atom. The van der Waals surface area contributed by atoms with E-state index in [4.69, 9.17) is 15.2 Å². The van der Waals surface area contributed by atoms with Crippen LogP contribution in [0.25, 0.3) is 0 Å². The number of carbonyl (C=O) groups excluding carboxylic acids is 1. The van der Waals surface area contributed by atoms with Crippen LogP contribution in [0.1, 0.15) is 41.6 Å². The summed E-state index contributed by atoms with van der Waals surface area (Å²) in [4.78, 5) is 18.3. The molecule has 0 bridgehead atoms. The van der Waals surface area contributed by atoms with Crippen molar-refractivity contribution in [3.8, 4) is 5.75 Å². The average molecular weight is 319 g/mol. The van der Waals surface area contributed by atoms with Gasteiger partial charge in [-0.15, -0.1) is 0 Å². The molecule has 0 radical (unpaired) electrons. The van der Waals surface area contributed by atoms with Gasteiger partial charge in [-0.25, -0.2) is 9.79 Å². The largest absolute Gasteiger partial charge is 0.496 e. The number of nitrogens with zero attached hydrogens (tertiary/aromatic N) is 2. The van der Waals surface area contributed by atoms with E-state index < -0.39 is 5.97 Å². The molecule has 2 rings (SSSR count). The van der Waals surface area contributed by atoms with E-state index in [2.05, 4.69) is 9.89 Å². The lowest BCUT2D eigenvalue weighted by molar-refractivity contribution is 0.0597. The Labute approximate surface area is 137 Å². The molecule has 0 atom stereocenters. The zero-order valence-corrected chi connectivity index (χ0v) is 13.9. The molecule has 1 aromatic rings. The number of hydrogen-bond acceptors (Lipinski definition) is 4. The van der Waals surface area contributed by atoms with Crippen LogP contribution in [0.5, 0.6) is 5.75 Å². The van der Waals surface area contributed by atoms with E-state index in [9.17, 15) is 4.79 Å². The standard InChI is InChI=1S/C17H25N3O3/c1-22-15-11-13(7-8-14(15)16(21)23-2)12-19-17(18)20-9-5-3-4-6-10-20/h7-8,11H,3-6,9-10,12H2,1-2H3,(H2,18,19). The molecule has 1 saturated heterocycles. The lowest BCUT2D eigenvalue weighted by Crippen LogP contribution is -2.38. The molecule has 6 nitrogen and oxygen atoms in total. The van der Waals surface area contributed by atoms with Gasteiger partial charge in [0.2, 0.25) is 0 Å². The van der Waals surface area contributed by atoms with Crippen molar-refractivity contribution < 1.29 is 14.3 Å². The molecule has 2 N–H and O–H groups in total. The summed E-state index contributed by atoms with van der Waals surface area (Å²) in [6, 6.07) is 5.33. The number of methoxy groups -OCH3 is 2. The average Bonchev–Trinajstić information content (AvgIpc) is 2.88. The highest BCUT2D eigenvalue weighted by Gasteiger charge is 2.14. The van der Waals surface area contributed by atoms with Crippen molar-refractivity contribution in [2.45, 2.75) is 32.2 Å². The van der Waals surface area contributed by atoms with Crippen LogP contribution in [-0.4, -0.2) is 44.1 Å². The van der Waals surface area contributed by atoms with Crippen molar-refractivity contribution in [2.24, 2.45) is 10.7 Å². The maximum atomic E-state index is 11.7. The fourth-order valence-corrected chi connectivity index (χ4v) is 2.68. The Bertz CT molecular complexity index is 564. The summed E-state index contributed by atoms with van der Waals surface area (Å²) < 4.78 is 9.99. The molecule has 6 heteroatoms. The molecule has 23 heavy (non-hydrogen) atoms. The van der Waals surface area contributed by atoms with Gasteiger partial charge in [-0.05, 0) is 30.5 Å². The van der Waals surface area contributed by atoms with Gasteiger partial charge in [0.1, 0.15) is 11.3 Å². The van der Waals surface area contributed by atoms with Gasteiger partial charge in [0.15, 0.2) is 5.96 Å². The third-order valence-corrected chi connectivity index (χ3v) is 4.02. The number of esters is 1. The topological polar surface area (TPSA) is 77.1 Å². The summed E-state index contributed by atoms with van der Waals surface area (Å²) in [5.41, 5.74) is 7.45. The SMILES string of the molecule is COC(=O)c1ccc(CN=C(N)N2CCCCCC2)cc1OC. The van der Waals surface area contributed by atoms with Gasteiger partial charge in [0.25, 0.3) is 0 Å². The molecule has 0 spiro atoms. The van der Waals surface area contributed by atoms with E-state index >= 15 is 0 Å². The van der Waals surface area contributed by atoms with Crippen molar-refractivity contribution in [1.29, 1.82) is 0 Å². The number of rotatable bonds is 4. The van der Waals surface area contributed by atoms with E-state index in [1.807, 2.05) is 6.07 Å². The Hall–Kier alpha value is -2.24. The summed E-state index contributed by atoms with van der Waals surface area (Å²) >= 11 is 0. The number of benzene rings is 1. The highest BCUT2D eigenvalue weighted by Crippen LogP contribution is 2.21.